The summed E-state index contributed by atoms with van der Waals surface area (Å²) in [6.07, 6.45) is 3.15. The third-order valence-electron chi connectivity index (χ3n) is 3.98. The van der Waals surface area contributed by atoms with E-state index in [0.717, 1.165) is 12.1 Å². The maximum atomic E-state index is 12.3. The number of amides is 2. The van der Waals surface area contributed by atoms with Crippen LogP contribution in [0.25, 0.3) is 0 Å². The molecule has 7 nitrogen and oxygen atoms in total. The monoisotopic (exact) mass is 321 g/mol. The van der Waals surface area contributed by atoms with E-state index in [1.54, 1.807) is 16.0 Å². The Morgan fingerprint density at radius 2 is 1.78 bits per heavy atom. The third kappa shape index (κ3) is 5.12. The van der Waals surface area contributed by atoms with Crippen molar-refractivity contribution < 1.29 is 19.1 Å². The van der Waals surface area contributed by atoms with Gasteiger partial charge in [0.05, 0.1) is 20.0 Å². The van der Waals surface area contributed by atoms with E-state index in [-0.39, 0.29) is 30.6 Å². The van der Waals surface area contributed by atoms with Crippen LogP contribution >= 0.6 is 0 Å². The molecule has 0 spiro atoms. The molecule has 1 aliphatic rings. The average molecular weight is 321 g/mol. The fourth-order valence-corrected chi connectivity index (χ4v) is 2.64. The molecular weight excluding hydrogens is 298 g/mol. The van der Waals surface area contributed by atoms with Crippen LogP contribution in [-0.2, 0) is 25.5 Å². The molecule has 0 saturated carbocycles. The molecule has 1 aromatic heterocycles. The molecule has 1 aliphatic heterocycles. The zero-order valence-corrected chi connectivity index (χ0v) is 13.4. The molecule has 1 N–H and O–H groups in total. The number of methoxy groups -OCH3 is 1. The molecule has 0 aromatic carbocycles. The number of hydrogen-bond acceptors (Lipinski definition) is 4. The van der Waals surface area contributed by atoms with Crippen LogP contribution in [0.15, 0.2) is 18.3 Å². The first kappa shape index (κ1) is 17.1. The topological polar surface area (TPSA) is 82.7 Å². The van der Waals surface area contributed by atoms with E-state index >= 15 is 0 Å². The van der Waals surface area contributed by atoms with Gasteiger partial charge in [-0.1, -0.05) is 0 Å². The van der Waals surface area contributed by atoms with Gasteiger partial charge in [0.15, 0.2) is 0 Å². The van der Waals surface area contributed by atoms with E-state index in [9.17, 15) is 14.4 Å². The fraction of sp³-hybridized carbons (Fsp3) is 0.562. The lowest BCUT2D eigenvalue weighted by Crippen LogP contribution is -2.38. The Balaban J connectivity index is 1.80. The van der Waals surface area contributed by atoms with Crippen molar-refractivity contribution >= 4 is 17.8 Å². The highest BCUT2D eigenvalue weighted by Gasteiger charge is 2.22. The summed E-state index contributed by atoms with van der Waals surface area (Å²) >= 11 is 0. The van der Waals surface area contributed by atoms with Gasteiger partial charge in [0, 0.05) is 44.5 Å². The lowest BCUT2D eigenvalue weighted by Gasteiger charge is -2.22. The van der Waals surface area contributed by atoms with Gasteiger partial charge in [-0.2, -0.15) is 0 Å². The molecule has 7 heteroatoms. The smallest absolute Gasteiger partial charge is 0.306 e. The Morgan fingerprint density at radius 3 is 2.39 bits per heavy atom. The number of aromatic nitrogens is 1. The lowest BCUT2D eigenvalue weighted by atomic mass is 10.2. The minimum atomic E-state index is -0.379. The molecule has 2 rings (SSSR count). The molecule has 0 bridgehead atoms. The molecule has 0 radical (unpaired) electrons. The number of nitrogens with zero attached hydrogens (tertiary/aromatic N) is 2. The van der Waals surface area contributed by atoms with Crippen LogP contribution in [0.3, 0.4) is 0 Å². The van der Waals surface area contributed by atoms with Crippen molar-refractivity contribution in [2.24, 2.45) is 0 Å². The fourth-order valence-electron chi connectivity index (χ4n) is 2.64. The molecule has 0 aliphatic carbocycles. The minimum absolute atomic E-state index is 0.0610. The third-order valence-corrected chi connectivity index (χ3v) is 3.98. The molecular formula is C16H23N3O4. The summed E-state index contributed by atoms with van der Waals surface area (Å²) in [4.78, 5) is 42.1. The predicted octanol–water partition coefficient (Wildman–Crippen LogP) is 0.571. The van der Waals surface area contributed by atoms with E-state index in [1.807, 2.05) is 12.1 Å². The highest BCUT2D eigenvalue weighted by atomic mass is 16.5. The van der Waals surface area contributed by atoms with Gasteiger partial charge in [0.1, 0.15) is 0 Å². The molecule has 0 unspecified atom stereocenters. The zero-order valence-electron chi connectivity index (χ0n) is 13.4. The largest absolute Gasteiger partial charge is 0.469 e. The van der Waals surface area contributed by atoms with Crippen molar-refractivity contribution in [3.8, 4) is 0 Å². The van der Waals surface area contributed by atoms with Crippen LogP contribution in [0.1, 0.15) is 25.0 Å². The number of carbonyl (C=O) groups is 3. The molecule has 1 fully saturated rings. The van der Waals surface area contributed by atoms with E-state index in [2.05, 4.69) is 9.72 Å². The highest BCUT2D eigenvalue weighted by molar-refractivity contribution is 5.81. The summed E-state index contributed by atoms with van der Waals surface area (Å²) in [5.41, 5.74) is 0.894. The van der Waals surface area contributed by atoms with E-state index < -0.39 is 0 Å². The van der Waals surface area contributed by atoms with Crippen molar-refractivity contribution in [1.82, 2.24) is 14.8 Å². The molecule has 2 heterocycles. The van der Waals surface area contributed by atoms with E-state index in [1.165, 1.54) is 7.11 Å². The summed E-state index contributed by atoms with van der Waals surface area (Å²) in [7, 11) is 1.31. The Labute approximate surface area is 135 Å². The van der Waals surface area contributed by atoms with Crippen molar-refractivity contribution in [3.63, 3.8) is 0 Å². The second-order valence-electron chi connectivity index (χ2n) is 5.56. The SMILES string of the molecule is COC(=O)CCC(=O)N1CCCN(C(=O)Cc2ccc[nH]2)CC1. The Hall–Kier alpha value is -2.31. The van der Waals surface area contributed by atoms with Gasteiger partial charge >= 0.3 is 5.97 Å². The number of nitrogens with one attached hydrogen (secondary N) is 1. The van der Waals surface area contributed by atoms with Crippen molar-refractivity contribution in [2.75, 3.05) is 33.3 Å². The van der Waals surface area contributed by atoms with E-state index in [4.69, 9.17) is 0 Å². The number of esters is 1. The Kier molecular flexibility index (Phi) is 6.19. The van der Waals surface area contributed by atoms with Crippen molar-refractivity contribution in [2.45, 2.75) is 25.7 Å². The summed E-state index contributed by atoms with van der Waals surface area (Å²) in [5.74, 6) is -0.374. The van der Waals surface area contributed by atoms with Gasteiger partial charge in [0.2, 0.25) is 11.8 Å². The Morgan fingerprint density at radius 1 is 1.09 bits per heavy atom. The average Bonchev–Trinajstić information content (AvgIpc) is 2.93. The molecule has 1 saturated heterocycles. The molecule has 1 aromatic rings. The predicted molar refractivity (Wildman–Crippen MR) is 83.5 cm³/mol. The van der Waals surface area contributed by atoms with Crippen molar-refractivity contribution in [1.29, 1.82) is 0 Å². The maximum Gasteiger partial charge on any atom is 0.306 e. The standard InChI is InChI=1S/C16H23N3O4/c1-23-16(22)6-5-14(20)18-8-3-9-19(11-10-18)15(21)12-13-4-2-7-17-13/h2,4,7,17H,3,5-6,8-12H2,1H3. The maximum absolute atomic E-state index is 12.3. The van der Waals surface area contributed by atoms with E-state index in [0.29, 0.717) is 32.6 Å². The van der Waals surface area contributed by atoms with Gasteiger partial charge in [-0.3, -0.25) is 14.4 Å². The quantitative estimate of drug-likeness (QED) is 0.804. The molecule has 23 heavy (non-hydrogen) atoms. The first-order chi connectivity index (χ1) is 11.1. The number of hydrogen-bond donors (Lipinski definition) is 1. The highest BCUT2D eigenvalue weighted by Crippen LogP contribution is 2.09. The summed E-state index contributed by atoms with van der Waals surface area (Å²) < 4.78 is 4.55. The van der Waals surface area contributed by atoms with Crippen LogP contribution in [0.4, 0.5) is 0 Å². The van der Waals surface area contributed by atoms with Gasteiger partial charge in [-0.25, -0.2) is 0 Å². The molecule has 126 valence electrons. The van der Waals surface area contributed by atoms with Gasteiger partial charge in [0.25, 0.3) is 0 Å². The summed E-state index contributed by atoms with van der Waals surface area (Å²) in [5, 5.41) is 0. The number of ether oxygens (including phenoxy) is 1. The minimum Gasteiger partial charge on any atom is -0.469 e. The first-order valence-corrected chi connectivity index (χ1v) is 7.85. The second kappa shape index (κ2) is 8.36. The van der Waals surface area contributed by atoms with Crippen LogP contribution in [0.5, 0.6) is 0 Å². The second-order valence-corrected chi connectivity index (χ2v) is 5.56. The number of carbonyl (C=O) groups excluding carboxylic acids is 3. The molecule has 2 amide bonds. The normalized spacial score (nSPS) is 15.2. The summed E-state index contributed by atoms with van der Waals surface area (Å²) in [6, 6.07) is 3.76. The van der Waals surface area contributed by atoms with Gasteiger partial charge < -0.3 is 19.5 Å². The first-order valence-electron chi connectivity index (χ1n) is 7.85. The number of aromatic amines is 1. The van der Waals surface area contributed by atoms with Crippen LogP contribution < -0.4 is 0 Å². The Bertz CT molecular complexity index is 542. The summed E-state index contributed by atoms with van der Waals surface area (Å²) in [6.45, 7) is 2.31. The zero-order chi connectivity index (χ0) is 16.7. The van der Waals surface area contributed by atoms with Gasteiger partial charge in [-0.15, -0.1) is 0 Å². The van der Waals surface area contributed by atoms with Crippen molar-refractivity contribution in [3.05, 3.63) is 24.0 Å². The number of H-pyrrole nitrogens is 1. The molecule has 0 atom stereocenters. The number of rotatable bonds is 5. The lowest BCUT2D eigenvalue weighted by molar-refractivity contribution is -0.143. The van der Waals surface area contributed by atoms with Crippen LogP contribution in [0.2, 0.25) is 0 Å². The van der Waals surface area contributed by atoms with Crippen LogP contribution in [0, 0.1) is 0 Å². The van der Waals surface area contributed by atoms with Gasteiger partial charge in [-0.05, 0) is 18.6 Å². The van der Waals surface area contributed by atoms with Crippen LogP contribution in [-0.4, -0.2) is 65.9 Å².